The van der Waals surface area contributed by atoms with Gasteiger partial charge in [0.1, 0.15) is 0 Å². The van der Waals surface area contributed by atoms with Gasteiger partial charge in [0.15, 0.2) is 11.6 Å². The molecule has 1 aromatic heterocycles. The van der Waals surface area contributed by atoms with E-state index >= 15 is 0 Å². The number of rotatable bonds is 10. The highest BCUT2D eigenvalue weighted by atomic mass is 19.1. The SMILES string of the molecule is COCCOCCCCNC(=O)c1ccnc(NN)c1F. The number of ether oxygens (including phenoxy) is 2. The predicted molar refractivity (Wildman–Crippen MR) is 76.3 cm³/mol. The quantitative estimate of drug-likeness (QED) is 0.334. The molecule has 0 saturated carbocycles. The van der Waals surface area contributed by atoms with Crippen molar-refractivity contribution in [3.8, 4) is 0 Å². The lowest BCUT2D eigenvalue weighted by Crippen LogP contribution is -2.26. The monoisotopic (exact) mass is 300 g/mol. The van der Waals surface area contributed by atoms with Gasteiger partial charge in [0.05, 0.1) is 18.8 Å². The molecule has 8 heteroatoms. The summed E-state index contributed by atoms with van der Waals surface area (Å²) in [5.74, 6) is 3.69. The number of nitrogens with two attached hydrogens (primary N) is 1. The van der Waals surface area contributed by atoms with Gasteiger partial charge in [0.2, 0.25) is 0 Å². The van der Waals surface area contributed by atoms with E-state index in [1.54, 1.807) is 7.11 Å². The van der Waals surface area contributed by atoms with Crippen LogP contribution < -0.4 is 16.6 Å². The number of nitrogen functional groups attached to an aromatic ring is 1. The molecule has 0 aliphatic heterocycles. The number of aromatic nitrogens is 1. The molecule has 0 fully saturated rings. The Morgan fingerprint density at radius 1 is 1.38 bits per heavy atom. The van der Waals surface area contributed by atoms with Crippen molar-refractivity contribution in [3.05, 3.63) is 23.6 Å². The number of carbonyl (C=O) groups is 1. The number of nitrogens with one attached hydrogen (secondary N) is 2. The number of hydrogen-bond acceptors (Lipinski definition) is 6. The molecule has 1 amide bonds. The second kappa shape index (κ2) is 10.0. The molecule has 0 atom stereocenters. The first-order chi connectivity index (χ1) is 10.2. The predicted octanol–water partition coefficient (Wildman–Crippen LogP) is 0.679. The number of anilines is 1. The van der Waals surface area contributed by atoms with Crippen LogP contribution in [0.2, 0.25) is 0 Å². The van der Waals surface area contributed by atoms with Crippen molar-refractivity contribution in [2.45, 2.75) is 12.8 Å². The molecular formula is C13H21FN4O3. The van der Waals surface area contributed by atoms with Crippen LogP contribution in [0.25, 0.3) is 0 Å². The molecule has 0 aliphatic carbocycles. The Morgan fingerprint density at radius 2 is 2.19 bits per heavy atom. The van der Waals surface area contributed by atoms with Crippen LogP contribution in [0.3, 0.4) is 0 Å². The molecule has 7 nitrogen and oxygen atoms in total. The van der Waals surface area contributed by atoms with E-state index in [1.807, 2.05) is 0 Å². The topological polar surface area (TPSA) is 98.5 Å². The highest BCUT2D eigenvalue weighted by Crippen LogP contribution is 2.13. The number of hydrogen-bond donors (Lipinski definition) is 3. The van der Waals surface area contributed by atoms with Gasteiger partial charge < -0.3 is 20.2 Å². The maximum absolute atomic E-state index is 13.8. The molecule has 1 aromatic rings. The number of nitrogens with zero attached hydrogens (tertiary/aromatic N) is 1. The standard InChI is InChI=1S/C13H21FN4O3/c1-20-8-9-21-7-3-2-5-17-13(19)10-4-6-16-12(18-15)11(10)14/h4,6H,2-3,5,7-9,15H2,1H3,(H,16,18)(H,17,19). The van der Waals surface area contributed by atoms with Crippen molar-refractivity contribution in [1.29, 1.82) is 0 Å². The maximum Gasteiger partial charge on any atom is 0.254 e. The van der Waals surface area contributed by atoms with Gasteiger partial charge in [-0.3, -0.25) is 4.79 Å². The van der Waals surface area contributed by atoms with Crippen LogP contribution in [0, 0.1) is 5.82 Å². The van der Waals surface area contributed by atoms with E-state index in [4.69, 9.17) is 15.3 Å². The number of halogens is 1. The Hall–Kier alpha value is -1.77. The molecule has 0 aromatic carbocycles. The van der Waals surface area contributed by atoms with Gasteiger partial charge >= 0.3 is 0 Å². The van der Waals surface area contributed by atoms with Crippen LogP contribution in [0.1, 0.15) is 23.2 Å². The molecule has 118 valence electrons. The molecule has 0 radical (unpaired) electrons. The third kappa shape index (κ3) is 6.03. The number of unbranched alkanes of at least 4 members (excludes halogenated alkanes) is 1. The zero-order valence-electron chi connectivity index (χ0n) is 12.0. The fourth-order valence-corrected chi connectivity index (χ4v) is 1.59. The van der Waals surface area contributed by atoms with Gasteiger partial charge in [-0.05, 0) is 18.9 Å². The minimum Gasteiger partial charge on any atom is -0.382 e. The Morgan fingerprint density at radius 3 is 2.90 bits per heavy atom. The summed E-state index contributed by atoms with van der Waals surface area (Å²) in [6, 6.07) is 1.30. The van der Waals surface area contributed by atoms with Gasteiger partial charge in [0.25, 0.3) is 5.91 Å². The molecule has 0 unspecified atom stereocenters. The van der Waals surface area contributed by atoms with E-state index in [9.17, 15) is 9.18 Å². The van der Waals surface area contributed by atoms with Gasteiger partial charge in [-0.1, -0.05) is 0 Å². The highest BCUT2D eigenvalue weighted by molar-refractivity contribution is 5.95. The van der Waals surface area contributed by atoms with Crippen LogP contribution in [0.15, 0.2) is 12.3 Å². The van der Waals surface area contributed by atoms with Crippen molar-refractivity contribution in [3.63, 3.8) is 0 Å². The summed E-state index contributed by atoms with van der Waals surface area (Å²) in [5.41, 5.74) is 2.01. The minimum atomic E-state index is -0.764. The number of hydrazine groups is 1. The summed E-state index contributed by atoms with van der Waals surface area (Å²) < 4.78 is 23.9. The van der Waals surface area contributed by atoms with Gasteiger partial charge in [-0.25, -0.2) is 15.2 Å². The van der Waals surface area contributed by atoms with E-state index in [0.717, 1.165) is 12.8 Å². The number of amides is 1. The number of pyridine rings is 1. The smallest absolute Gasteiger partial charge is 0.254 e. The van der Waals surface area contributed by atoms with Crippen molar-refractivity contribution < 1.29 is 18.7 Å². The maximum atomic E-state index is 13.8. The Bertz CT molecular complexity index is 445. The van der Waals surface area contributed by atoms with E-state index in [2.05, 4.69) is 15.7 Å². The average molecular weight is 300 g/mol. The molecule has 0 bridgehead atoms. The van der Waals surface area contributed by atoms with Crippen LogP contribution in [0.4, 0.5) is 10.2 Å². The highest BCUT2D eigenvalue weighted by Gasteiger charge is 2.14. The Kier molecular flexibility index (Phi) is 8.25. The van der Waals surface area contributed by atoms with E-state index < -0.39 is 11.7 Å². The van der Waals surface area contributed by atoms with Crippen LogP contribution in [-0.2, 0) is 9.47 Å². The Balaban J connectivity index is 2.25. The van der Waals surface area contributed by atoms with Crippen LogP contribution >= 0.6 is 0 Å². The number of methoxy groups -OCH3 is 1. The fraction of sp³-hybridized carbons (Fsp3) is 0.538. The van der Waals surface area contributed by atoms with Crippen LogP contribution in [-0.4, -0.2) is 44.4 Å². The third-order valence-corrected chi connectivity index (χ3v) is 2.70. The summed E-state index contributed by atoms with van der Waals surface area (Å²) in [4.78, 5) is 15.5. The largest absolute Gasteiger partial charge is 0.382 e. The lowest BCUT2D eigenvalue weighted by atomic mass is 10.2. The lowest BCUT2D eigenvalue weighted by Gasteiger charge is -2.08. The van der Waals surface area contributed by atoms with Crippen molar-refractivity contribution >= 4 is 11.7 Å². The van der Waals surface area contributed by atoms with Crippen molar-refractivity contribution in [1.82, 2.24) is 10.3 Å². The zero-order valence-corrected chi connectivity index (χ0v) is 12.0. The fourth-order valence-electron chi connectivity index (χ4n) is 1.59. The Labute approximate surface area is 123 Å². The molecule has 0 aliphatic rings. The molecular weight excluding hydrogens is 279 g/mol. The second-order valence-electron chi connectivity index (χ2n) is 4.23. The zero-order chi connectivity index (χ0) is 15.5. The van der Waals surface area contributed by atoms with E-state index in [0.29, 0.717) is 26.4 Å². The first-order valence-electron chi connectivity index (χ1n) is 6.66. The lowest BCUT2D eigenvalue weighted by molar-refractivity contribution is 0.0686. The first kappa shape index (κ1) is 17.3. The summed E-state index contributed by atoms with van der Waals surface area (Å²) in [6.07, 6.45) is 2.86. The minimum absolute atomic E-state index is 0.0886. The van der Waals surface area contributed by atoms with Gasteiger partial charge in [-0.15, -0.1) is 0 Å². The number of carbonyl (C=O) groups excluding carboxylic acids is 1. The molecule has 4 N–H and O–H groups in total. The van der Waals surface area contributed by atoms with Gasteiger partial charge in [-0.2, -0.15) is 0 Å². The summed E-state index contributed by atoms with van der Waals surface area (Å²) in [5, 5.41) is 2.64. The first-order valence-corrected chi connectivity index (χ1v) is 6.66. The van der Waals surface area contributed by atoms with Gasteiger partial charge in [0, 0.05) is 26.5 Å². The van der Waals surface area contributed by atoms with Crippen LogP contribution in [0.5, 0.6) is 0 Å². The molecule has 1 heterocycles. The third-order valence-electron chi connectivity index (χ3n) is 2.70. The van der Waals surface area contributed by atoms with E-state index in [-0.39, 0.29) is 11.4 Å². The summed E-state index contributed by atoms with van der Waals surface area (Å²) in [7, 11) is 1.61. The second-order valence-corrected chi connectivity index (χ2v) is 4.23. The van der Waals surface area contributed by atoms with Crippen molar-refractivity contribution in [2.24, 2.45) is 5.84 Å². The molecule has 21 heavy (non-hydrogen) atoms. The van der Waals surface area contributed by atoms with Crippen molar-refractivity contribution in [2.75, 3.05) is 38.9 Å². The summed E-state index contributed by atoms with van der Waals surface area (Å²) >= 11 is 0. The van der Waals surface area contributed by atoms with E-state index in [1.165, 1.54) is 12.3 Å². The molecule has 0 saturated heterocycles. The average Bonchev–Trinajstić information content (AvgIpc) is 2.50. The molecule has 0 spiro atoms. The molecule has 1 rings (SSSR count). The summed E-state index contributed by atoms with van der Waals surface area (Å²) in [6.45, 7) is 2.17. The normalized spacial score (nSPS) is 10.4.